The SMILES string of the molecule is CC(CN)CCN.[I][Pt][I]. The minimum atomic E-state index is 0.523. The van der Waals surface area contributed by atoms with Gasteiger partial charge in [-0.05, 0) is 25.4 Å². The van der Waals surface area contributed by atoms with Crippen LogP contribution in [0.2, 0.25) is 0 Å². The molecule has 0 heterocycles. The molecular weight excluding hydrogens is 537 g/mol. The molecular formula is C5H14I2N2Pt. The van der Waals surface area contributed by atoms with Crippen LogP contribution in [0.15, 0.2) is 0 Å². The van der Waals surface area contributed by atoms with Crippen molar-refractivity contribution in [2.24, 2.45) is 17.4 Å². The van der Waals surface area contributed by atoms with Crippen molar-refractivity contribution in [3.63, 3.8) is 0 Å². The predicted octanol–water partition coefficient (Wildman–Crippen LogP) is 1.70. The Labute approximate surface area is 92.4 Å². The molecule has 0 aromatic carbocycles. The van der Waals surface area contributed by atoms with E-state index >= 15 is 0 Å². The van der Waals surface area contributed by atoms with Crippen molar-refractivity contribution in [2.75, 3.05) is 13.1 Å². The maximum atomic E-state index is 5.30. The van der Waals surface area contributed by atoms with Crippen molar-refractivity contribution in [3.8, 4) is 0 Å². The Hall–Kier alpha value is 2.07. The summed E-state index contributed by atoms with van der Waals surface area (Å²) in [6.45, 7) is 3.63. The number of hydrogen-bond acceptors (Lipinski definition) is 2. The van der Waals surface area contributed by atoms with Crippen molar-refractivity contribution < 1.29 is 11.2 Å². The molecule has 0 radical (unpaired) electrons. The van der Waals surface area contributed by atoms with Crippen molar-refractivity contribution in [1.82, 2.24) is 0 Å². The summed E-state index contributed by atoms with van der Waals surface area (Å²) in [6, 6.07) is 0. The zero-order valence-corrected chi connectivity index (χ0v) is 12.5. The fourth-order valence-electron chi connectivity index (χ4n) is 0.402. The summed E-state index contributed by atoms with van der Waals surface area (Å²) in [5, 5.41) is 0. The van der Waals surface area contributed by atoms with Crippen LogP contribution in [0.5, 0.6) is 0 Å². The van der Waals surface area contributed by atoms with E-state index in [1.165, 1.54) is 0 Å². The molecule has 0 bridgehead atoms. The Morgan fingerprint density at radius 3 is 1.90 bits per heavy atom. The first-order chi connectivity index (χ1) is 4.72. The van der Waals surface area contributed by atoms with E-state index < -0.39 is 0 Å². The van der Waals surface area contributed by atoms with Gasteiger partial charge in [0.2, 0.25) is 0 Å². The van der Waals surface area contributed by atoms with Crippen LogP contribution >= 0.6 is 38.7 Å². The molecule has 0 fully saturated rings. The third kappa shape index (κ3) is 16.6. The van der Waals surface area contributed by atoms with Crippen LogP contribution in [0.4, 0.5) is 0 Å². The Morgan fingerprint density at radius 2 is 1.80 bits per heavy atom. The Kier molecular flexibility index (Phi) is 19.9. The van der Waals surface area contributed by atoms with Gasteiger partial charge in [-0.25, -0.2) is 0 Å². The standard InChI is InChI=1S/C5H14N2.2HI.Pt/c1-5(4-7)2-3-6;;;/h5H,2-4,6-7H2,1H3;2*1H;/q;;;+2/p-2. The summed E-state index contributed by atoms with van der Waals surface area (Å²) < 4.78 is 0. The maximum absolute atomic E-state index is 5.30. The van der Waals surface area contributed by atoms with Crippen LogP contribution < -0.4 is 11.5 Å². The van der Waals surface area contributed by atoms with Crippen LogP contribution in [0.3, 0.4) is 0 Å². The first-order valence-electron chi connectivity index (χ1n) is 2.95. The second kappa shape index (κ2) is 13.6. The first kappa shape index (κ1) is 14.6. The van der Waals surface area contributed by atoms with Gasteiger partial charge < -0.3 is 11.5 Å². The van der Waals surface area contributed by atoms with Crippen LogP contribution in [-0.4, -0.2) is 13.1 Å². The molecule has 0 saturated carbocycles. The van der Waals surface area contributed by atoms with Crippen LogP contribution in [0.25, 0.3) is 0 Å². The number of hydrogen-bond donors (Lipinski definition) is 2. The molecule has 0 rings (SSSR count). The molecule has 1 atom stereocenters. The Morgan fingerprint density at radius 1 is 1.40 bits per heavy atom. The van der Waals surface area contributed by atoms with Crippen LogP contribution in [0, 0.1) is 5.92 Å². The van der Waals surface area contributed by atoms with E-state index in [9.17, 15) is 0 Å². The van der Waals surface area contributed by atoms with Gasteiger partial charge in [-0.3, -0.25) is 0 Å². The topological polar surface area (TPSA) is 52.0 Å². The van der Waals surface area contributed by atoms with Gasteiger partial charge in [0.25, 0.3) is 0 Å². The van der Waals surface area contributed by atoms with Gasteiger partial charge in [0.15, 0.2) is 0 Å². The molecule has 0 aromatic rings. The van der Waals surface area contributed by atoms with Crippen LogP contribution in [0.1, 0.15) is 13.3 Å². The molecule has 1 unspecified atom stereocenters. The van der Waals surface area contributed by atoms with Gasteiger partial charge in [0.05, 0.1) is 0 Å². The normalized spacial score (nSPS) is 12.1. The van der Waals surface area contributed by atoms with Crippen LogP contribution in [-0.2, 0) is 11.2 Å². The molecule has 4 N–H and O–H groups in total. The van der Waals surface area contributed by atoms with Crippen molar-refractivity contribution in [1.29, 1.82) is 0 Å². The Balaban J connectivity index is 0. The van der Waals surface area contributed by atoms with Crippen molar-refractivity contribution in [3.05, 3.63) is 0 Å². The predicted molar refractivity (Wildman–Crippen MR) is 59.9 cm³/mol. The molecule has 0 aromatic heterocycles. The van der Waals surface area contributed by atoms with E-state index in [2.05, 4.69) is 45.6 Å². The fourth-order valence-corrected chi connectivity index (χ4v) is 0.402. The third-order valence-corrected chi connectivity index (χ3v) is 1.06. The minimum absolute atomic E-state index is 0.523. The van der Waals surface area contributed by atoms with Gasteiger partial charge >= 0.3 is 49.9 Å². The number of nitrogens with two attached hydrogens (primary N) is 2. The summed E-state index contributed by atoms with van der Waals surface area (Å²) in [7, 11) is 0. The van der Waals surface area contributed by atoms with Gasteiger partial charge in [-0.2, -0.15) is 0 Å². The zero-order valence-electron chi connectivity index (χ0n) is 5.93. The number of halogens is 2. The zero-order chi connectivity index (χ0) is 8.41. The average Bonchev–Trinajstić information content (AvgIpc) is 1.90. The van der Waals surface area contributed by atoms with Gasteiger partial charge in [0.1, 0.15) is 0 Å². The van der Waals surface area contributed by atoms with E-state index in [0.29, 0.717) is 17.1 Å². The molecule has 0 spiro atoms. The summed E-state index contributed by atoms with van der Waals surface area (Å²) >= 11 is 5.30. The quantitative estimate of drug-likeness (QED) is 0.526. The van der Waals surface area contributed by atoms with Gasteiger partial charge in [0, 0.05) is 0 Å². The summed E-state index contributed by atoms with van der Waals surface area (Å²) in [5.74, 6) is 0.602. The molecule has 0 aliphatic rings. The summed E-state index contributed by atoms with van der Waals surface area (Å²) in [5.41, 5.74) is 10.6. The molecule has 0 saturated heterocycles. The van der Waals surface area contributed by atoms with Gasteiger partial charge in [-0.1, -0.05) is 6.92 Å². The molecule has 68 valence electrons. The first-order valence-corrected chi connectivity index (χ1v) is 15.8. The second-order valence-corrected chi connectivity index (χ2v) is 18.6. The molecule has 5 heteroatoms. The third-order valence-electron chi connectivity index (χ3n) is 1.06. The average molecular weight is 551 g/mol. The second-order valence-electron chi connectivity index (χ2n) is 1.96. The van der Waals surface area contributed by atoms with Crippen molar-refractivity contribution >= 4 is 38.7 Å². The molecule has 0 amide bonds. The van der Waals surface area contributed by atoms with E-state index in [1.807, 2.05) is 0 Å². The van der Waals surface area contributed by atoms with E-state index in [0.717, 1.165) is 19.5 Å². The molecule has 10 heavy (non-hydrogen) atoms. The molecule has 0 aliphatic carbocycles. The molecule has 2 nitrogen and oxygen atoms in total. The molecule has 0 aliphatic heterocycles. The van der Waals surface area contributed by atoms with E-state index in [1.54, 1.807) is 0 Å². The summed E-state index contributed by atoms with van der Waals surface area (Å²) in [4.78, 5) is 0. The van der Waals surface area contributed by atoms with E-state index in [-0.39, 0.29) is 0 Å². The summed E-state index contributed by atoms with van der Waals surface area (Å²) in [6.07, 6.45) is 1.05. The van der Waals surface area contributed by atoms with Gasteiger partial charge in [-0.15, -0.1) is 0 Å². The van der Waals surface area contributed by atoms with Crippen molar-refractivity contribution in [2.45, 2.75) is 13.3 Å². The van der Waals surface area contributed by atoms with E-state index in [4.69, 9.17) is 11.5 Å². The Bertz CT molecular complexity index is 56.9. The fraction of sp³-hybridized carbons (Fsp3) is 1.00. The number of rotatable bonds is 3. The monoisotopic (exact) mass is 551 g/mol.